The molecule has 1 aromatic rings. The SMILES string of the molecule is CCc1cccc(OC(=O)CCCC(=O)OCC(F)(F)C(F)F)c1. The molecule has 0 radical (unpaired) electrons. The maximum Gasteiger partial charge on any atom is 0.340 e. The van der Waals surface area contributed by atoms with Crippen molar-refractivity contribution in [2.45, 2.75) is 45.0 Å². The molecular weight excluding hydrogens is 332 g/mol. The van der Waals surface area contributed by atoms with Gasteiger partial charge in [-0.25, -0.2) is 8.78 Å². The van der Waals surface area contributed by atoms with Gasteiger partial charge >= 0.3 is 24.3 Å². The largest absolute Gasteiger partial charge is 0.459 e. The van der Waals surface area contributed by atoms with Crippen LogP contribution < -0.4 is 4.74 Å². The van der Waals surface area contributed by atoms with Crippen LogP contribution in [-0.2, 0) is 20.7 Å². The molecule has 0 fully saturated rings. The van der Waals surface area contributed by atoms with Crippen molar-refractivity contribution in [2.24, 2.45) is 0 Å². The minimum absolute atomic E-state index is 0.00534. The van der Waals surface area contributed by atoms with Gasteiger partial charge in [-0.05, 0) is 30.5 Å². The van der Waals surface area contributed by atoms with E-state index in [0.717, 1.165) is 12.0 Å². The van der Waals surface area contributed by atoms with Gasteiger partial charge in [0.1, 0.15) is 5.75 Å². The fraction of sp³-hybridized carbons (Fsp3) is 0.500. The number of rotatable bonds is 9. The zero-order chi connectivity index (χ0) is 18.2. The molecule has 0 amide bonds. The van der Waals surface area contributed by atoms with E-state index in [2.05, 4.69) is 4.74 Å². The average molecular weight is 350 g/mol. The van der Waals surface area contributed by atoms with E-state index in [-0.39, 0.29) is 19.3 Å². The second kappa shape index (κ2) is 9.24. The Hall–Kier alpha value is -2.12. The van der Waals surface area contributed by atoms with Crippen LogP contribution in [0.3, 0.4) is 0 Å². The Morgan fingerprint density at radius 2 is 1.83 bits per heavy atom. The van der Waals surface area contributed by atoms with Crippen LogP contribution >= 0.6 is 0 Å². The molecule has 24 heavy (non-hydrogen) atoms. The van der Waals surface area contributed by atoms with E-state index < -0.39 is 30.9 Å². The lowest BCUT2D eigenvalue weighted by molar-refractivity contribution is -0.179. The lowest BCUT2D eigenvalue weighted by Gasteiger charge is -2.14. The van der Waals surface area contributed by atoms with Gasteiger partial charge in [0.2, 0.25) is 0 Å². The summed E-state index contributed by atoms with van der Waals surface area (Å²) in [6.45, 7) is 0.266. The smallest absolute Gasteiger partial charge is 0.340 e. The van der Waals surface area contributed by atoms with Crippen LogP contribution in [0.5, 0.6) is 5.75 Å². The molecule has 0 aliphatic carbocycles. The van der Waals surface area contributed by atoms with Gasteiger partial charge in [0, 0.05) is 12.8 Å². The molecule has 0 saturated carbocycles. The molecule has 0 bridgehead atoms. The quantitative estimate of drug-likeness (QED) is 0.386. The van der Waals surface area contributed by atoms with E-state index >= 15 is 0 Å². The number of hydrogen-bond donors (Lipinski definition) is 0. The van der Waals surface area contributed by atoms with Crippen LogP contribution in [0.1, 0.15) is 31.7 Å². The zero-order valence-corrected chi connectivity index (χ0v) is 13.1. The predicted octanol–water partition coefficient (Wildman–Crippen LogP) is 3.77. The van der Waals surface area contributed by atoms with Crippen molar-refractivity contribution < 1.29 is 36.6 Å². The fourth-order valence-corrected chi connectivity index (χ4v) is 1.70. The third-order valence-corrected chi connectivity index (χ3v) is 3.05. The molecule has 0 spiro atoms. The van der Waals surface area contributed by atoms with Crippen molar-refractivity contribution in [1.82, 2.24) is 0 Å². The minimum Gasteiger partial charge on any atom is -0.459 e. The number of carbonyl (C=O) groups excluding carboxylic acids is 2. The minimum atomic E-state index is -4.38. The normalized spacial score (nSPS) is 11.4. The van der Waals surface area contributed by atoms with Gasteiger partial charge in [0.15, 0.2) is 6.61 Å². The Morgan fingerprint density at radius 1 is 1.17 bits per heavy atom. The summed E-state index contributed by atoms with van der Waals surface area (Å²) >= 11 is 0. The number of ether oxygens (including phenoxy) is 2. The Bertz CT molecular complexity index is 561. The number of carbonyl (C=O) groups is 2. The molecule has 1 aromatic carbocycles. The number of benzene rings is 1. The van der Waals surface area contributed by atoms with Gasteiger partial charge in [-0.3, -0.25) is 9.59 Å². The highest BCUT2D eigenvalue weighted by atomic mass is 19.3. The molecule has 0 atom stereocenters. The van der Waals surface area contributed by atoms with Crippen LogP contribution in [0.25, 0.3) is 0 Å². The van der Waals surface area contributed by atoms with E-state index in [1.165, 1.54) is 0 Å². The summed E-state index contributed by atoms with van der Waals surface area (Å²) in [7, 11) is 0. The number of hydrogen-bond acceptors (Lipinski definition) is 4. The first-order chi connectivity index (χ1) is 11.2. The van der Waals surface area contributed by atoms with Crippen molar-refractivity contribution >= 4 is 11.9 Å². The fourth-order valence-electron chi connectivity index (χ4n) is 1.70. The molecule has 0 aliphatic rings. The van der Waals surface area contributed by atoms with E-state index in [0.29, 0.717) is 5.75 Å². The van der Waals surface area contributed by atoms with E-state index in [1.54, 1.807) is 18.2 Å². The summed E-state index contributed by atoms with van der Waals surface area (Å²) in [6, 6.07) is 6.93. The van der Waals surface area contributed by atoms with Crippen molar-refractivity contribution in [1.29, 1.82) is 0 Å². The van der Waals surface area contributed by atoms with Crippen molar-refractivity contribution in [2.75, 3.05) is 6.61 Å². The first kappa shape index (κ1) is 19.9. The monoisotopic (exact) mass is 350 g/mol. The highest BCUT2D eigenvalue weighted by Crippen LogP contribution is 2.23. The summed E-state index contributed by atoms with van der Waals surface area (Å²) in [6.07, 6.45) is -3.59. The number of halogens is 4. The molecule has 0 saturated heterocycles. The van der Waals surface area contributed by atoms with Crippen LogP contribution in [0.2, 0.25) is 0 Å². The first-order valence-corrected chi connectivity index (χ1v) is 7.36. The second-order valence-corrected chi connectivity index (χ2v) is 5.05. The zero-order valence-electron chi connectivity index (χ0n) is 13.1. The van der Waals surface area contributed by atoms with Crippen molar-refractivity contribution in [3.05, 3.63) is 29.8 Å². The van der Waals surface area contributed by atoms with E-state index in [4.69, 9.17) is 4.74 Å². The Kier molecular flexibility index (Phi) is 7.67. The molecule has 134 valence electrons. The van der Waals surface area contributed by atoms with E-state index in [1.807, 2.05) is 13.0 Å². The van der Waals surface area contributed by atoms with Crippen LogP contribution in [0, 0.1) is 0 Å². The van der Waals surface area contributed by atoms with Crippen molar-refractivity contribution in [3.63, 3.8) is 0 Å². The first-order valence-electron chi connectivity index (χ1n) is 7.36. The lowest BCUT2D eigenvalue weighted by Crippen LogP contribution is -2.33. The number of esters is 2. The molecule has 8 heteroatoms. The highest BCUT2D eigenvalue weighted by molar-refractivity contribution is 5.74. The van der Waals surface area contributed by atoms with Gasteiger partial charge in [0.25, 0.3) is 0 Å². The third kappa shape index (κ3) is 6.97. The molecule has 0 N–H and O–H groups in total. The topological polar surface area (TPSA) is 52.6 Å². The molecule has 0 aliphatic heterocycles. The van der Waals surface area contributed by atoms with Gasteiger partial charge < -0.3 is 9.47 Å². The maximum absolute atomic E-state index is 12.6. The Morgan fingerprint density at radius 3 is 2.46 bits per heavy atom. The summed E-state index contributed by atoms with van der Waals surface area (Å²) in [4.78, 5) is 22.8. The summed E-state index contributed by atoms with van der Waals surface area (Å²) in [5, 5.41) is 0. The van der Waals surface area contributed by atoms with E-state index in [9.17, 15) is 27.2 Å². The molecule has 0 heterocycles. The second-order valence-electron chi connectivity index (χ2n) is 5.05. The third-order valence-electron chi connectivity index (χ3n) is 3.05. The maximum atomic E-state index is 12.6. The van der Waals surface area contributed by atoms with Crippen molar-refractivity contribution in [3.8, 4) is 5.75 Å². The summed E-state index contributed by atoms with van der Waals surface area (Å²) in [5.41, 5.74) is 0.990. The standard InChI is InChI=1S/C16H18F4O4/c1-2-11-5-3-6-12(9-11)24-14(22)8-4-7-13(21)23-10-16(19,20)15(17)18/h3,5-6,9,15H,2,4,7-8,10H2,1H3. The molecule has 0 aromatic heterocycles. The molecule has 1 rings (SSSR count). The average Bonchev–Trinajstić information content (AvgIpc) is 2.53. The van der Waals surface area contributed by atoms with Crippen LogP contribution in [0.4, 0.5) is 17.6 Å². The number of aryl methyl sites for hydroxylation is 1. The van der Waals surface area contributed by atoms with Gasteiger partial charge in [-0.15, -0.1) is 0 Å². The Labute approximate surface area is 136 Å². The molecule has 0 unspecified atom stereocenters. The summed E-state index contributed by atoms with van der Waals surface area (Å²) in [5.74, 6) is -5.66. The molecular formula is C16H18F4O4. The lowest BCUT2D eigenvalue weighted by atomic mass is 10.2. The van der Waals surface area contributed by atoms with Gasteiger partial charge in [-0.1, -0.05) is 19.1 Å². The predicted molar refractivity (Wildman–Crippen MR) is 77.2 cm³/mol. The van der Waals surface area contributed by atoms with Crippen LogP contribution in [0.15, 0.2) is 24.3 Å². The van der Waals surface area contributed by atoms with Gasteiger partial charge in [0.05, 0.1) is 0 Å². The highest BCUT2D eigenvalue weighted by Gasteiger charge is 2.42. The van der Waals surface area contributed by atoms with Gasteiger partial charge in [-0.2, -0.15) is 8.78 Å². The summed E-state index contributed by atoms with van der Waals surface area (Å²) < 4.78 is 58.0. The number of alkyl halides is 4. The van der Waals surface area contributed by atoms with Crippen LogP contribution in [-0.4, -0.2) is 30.9 Å². The Balaban J connectivity index is 2.28. The molecule has 4 nitrogen and oxygen atoms in total.